The summed E-state index contributed by atoms with van der Waals surface area (Å²) < 4.78 is 7.58. The Hall–Kier alpha value is -2.30. The quantitative estimate of drug-likeness (QED) is 0.889. The Bertz CT molecular complexity index is 662. The highest BCUT2D eigenvalue weighted by Gasteiger charge is 2.09. The van der Waals surface area contributed by atoms with E-state index >= 15 is 0 Å². The summed E-state index contributed by atoms with van der Waals surface area (Å²) in [6, 6.07) is 4.07. The van der Waals surface area contributed by atoms with Crippen molar-refractivity contribution in [1.29, 1.82) is 0 Å². The normalized spacial score (nSPS) is 10.5. The van der Waals surface area contributed by atoms with E-state index in [1.165, 1.54) is 0 Å². The third-order valence-electron chi connectivity index (χ3n) is 3.68. The lowest BCUT2D eigenvalue weighted by molar-refractivity contribution is -0.123. The molecule has 5 nitrogen and oxygen atoms in total. The van der Waals surface area contributed by atoms with Gasteiger partial charge in [0.15, 0.2) is 6.61 Å². The molecule has 0 aliphatic heterocycles. The Morgan fingerprint density at radius 1 is 1.27 bits per heavy atom. The zero-order valence-electron chi connectivity index (χ0n) is 13.6. The summed E-state index contributed by atoms with van der Waals surface area (Å²) in [5.41, 5.74) is 4.26. The van der Waals surface area contributed by atoms with Gasteiger partial charge in [-0.2, -0.15) is 0 Å². The molecule has 1 aromatic heterocycles. The summed E-state index contributed by atoms with van der Waals surface area (Å²) in [5, 5.41) is 2.85. The lowest BCUT2D eigenvalue weighted by Gasteiger charge is -2.13. The van der Waals surface area contributed by atoms with Crippen molar-refractivity contribution < 1.29 is 9.53 Å². The summed E-state index contributed by atoms with van der Waals surface area (Å²) in [6.07, 6.45) is 4.42. The number of benzene rings is 1. The van der Waals surface area contributed by atoms with Gasteiger partial charge in [-0.25, -0.2) is 4.98 Å². The molecule has 0 unspecified atom stereocenters. The number of nitrogens with one attached hydrogen (secondary N) is 1. The molecule has 118 valence electrons. The smallest absolute Gasteiger partial charge is 0.257 e. The van der Waals surface area contributed by atoms with Gasteiger partial charge in [-0.05, 0) is 37.5 Å². The van der Waals surface area contributed by atoms with E-state index in [1.54, 1.807) is 6.33 Å². The van der Waals surface area contributed by atoms with Gasteiger partial charge < -0.3 is 14.6 Å². The molecule has 1 heterocycles. The molecule has 0 bridgehead atoms. The third kappa shape index (κ3) is 4.10. The molecule has 0 aliphatic rings. The minimum atomic E-state index is -0.115. The van der Waals surface area contributed by atoms with E-state index < -0.39 is 0 Å². The highest BCUT2D eigenvalue weighted by atomic mass is 16.5. The minimum absolute atomic E-state index is 0.0351. The van der Waals surface area contributed by atoms with Crippen molar-refractivity contribution >= 4 is 5.91 Å². The molecule has 2 rings (SSSR count). The number of imidazole rings is 1. The van der Waals surface area contributed by atoms with Crippen LogP contribution >= 0.6 is 0 Å². The van der Waals surface area contributed by atoms with Gasteiger partial charge in [0.25, 0.3) is 5.91 Å². The zero-order chi connectivity index (χ0) is 16.1. The first-order valence-corrected chi connectivity index (χ1v) is 7.40. The highest BCUT2D eigenvalue weighted by molar-refractivity contribution is 5.77. The second kappa shape index (κ2) is 7.11. The Balaban J connectivity index is 1.79. The van der Waals surface area contributed by atoms with E-state index in [4.69, 9.17) is 4.74 Å². The van der Waals surface area contributed by atoms with Gasteiger partial charge in [0.1, 0.15) is 5.75 Å². The summed E-state index contributed by atoms with van der Waals surface area (Å²) in [6.45, 7) is 6.63. The molecule has 22 heavy (non-hydrogen) atoms. The molecule has 0 atom stereocenters. The minimum Gasteiger partial charge on any atom is -0.483 e. The van der Waals surface area contributed by atoms with Gasteiger partial charge in [-0.15, -0.1) is 0 Å². The van der Waals surface area contributed by atoms with Gasteiger partial charge >= 0.3 is 0 Å². The van der Waals surface area contributed by atoms with Crippen LogP contribution in [0.25, 0.3) is 0 Å². The Labute approximate surface area is 131 Å². The molecule has 5 heteroatoms. The fourth-order valence-corrected chi connectivity index (χ4v) is 2.26. The zero-order valence-corrected chi connectivity index (χ0v) is 13.6. The van der Waals surface area contributed by atoms with E-state index in [-0.39, 0.29) is 12.5 Å². The van der Waals surface area contributed by atoms with Gasteiger partial charge in [0, 0.05) is 26.2 Å². The largest absolute Gasteiger partial charge is 0.483 e. The average Bonchev–Trinajstić information content (AvgIpc) is 2.89. The lowest BCUT2D eigenvalue weighted by atomic mass is 10.1. The number of rotatable bonds is 6. The monoisotopic (exact) mass is 301 g/mol. The third-order valence-corrected chi connectivity index (χ3v) is 3.68. The number of carbonyl (C=O) groups excluding carboxylic acids is 1. The first-order valence-electron chi connectivity index (χ1n) is 7.40. The molecule has 0 fully saturated rings. The van der Waals surface area contributed by atoms with E-state index in [2.05, 4.69) is 16.4 Å². The van der Waals surface area contributed by atoms with Crippen molar-refractivity contribution in [2.45, 2.75) is 27.2 Å². The van der Waals surface area contributed by atoms with Crippen LogP contribution in [0.3, 0.4) is 0 Å². The van der Waals surface area contributed by atoms with Gasteiger partial charge in [-0.3, -0.25) is 4.79 Å². The molecular weight excluding hydrogens is 278 g/mol. The van der Waals surface area contributed by atoms with Crippen molar-refractivity contribution in [3.63, 3.8) is 0 Å². The molecule has 0 spiro atoms. The summed E-state index contributed by atoms with van der Waals surface area (Å²) in [5.74, 6) is 0.691. The maximum absolute atomic E-state index is 11.9. The lowest BCUT2D eigenvalue weighted by Crippen LogP contribution is -2.30. The molecule has 1 amide bonds. The standard InChI is InChI=1S/C17H23N3O2/c1-12-5-6-13(2)17(14(12)3)22-10-16(21)18-8-7-15-9-20(4)11-19-15/h5-6,9,11H,7-8,10H2,1-4H3,(H,18,21). The number of carbonyl (C=O) groups is 1. The number of aromatic nitrogens is 2. The van der Waals surface area contributed by atoms with Crippen LogP contribution in [0.15, 0.2) is 24.7 Å². The van der Waals surface area contributed by atoms with Crippen LogP contribution in [0.2, 0.25) is 0 Å². The van der Waals surface area contributed by atoms with Crippen LogP contribution in [-0.2, 0) is 18.3 Å². The van der Waals surface area contributed by atoms with Crippen LogP contribution < -0.4 is 10.1 Å². The molecule has 0 saturated heterocycles. The fourth-order valence-electron chi connectivity index (χ4n) is 2.26. The first kappa shape index (κ1) is 16.1. The molecule has 0 saturated carbocycles. The molecule has 1 aromatic carbocycles. The van der Waals surface area contributed by atoms with Crippen LogP contribution in [0.1, 0.15) is 22.4 Å². The van der Waals surface area contributed by atoms with Gasteiger partial charge in [0.2, 0.25) is 0 Å². The van der Waals surface area contributed by atoms with E-state index in [9.17, 15) is 4.79 Å². The first-order chi connectivity index (χ1) is 10.5. The SMILES string of the molecule is Cc1ccc(C)c(OCC(=O)NCCc2cn(C)cn2)c1C. The number of amides is 1. The number of aryl methyl sites for hydroxylation is 3. The second-order valence-corrected chi connectivity index (χ2v) is 5.57. The summed E-state index contributed by atoms with van der Waals surface area (Å²) >= 11 is 0. The van der Waals surface area contributed by atoms with E-state index in [0.717, 1.165) is 34.6 Å². The highest BCUT2D eigenvalue weighted by Crippen LogP contribution is 2.25. The number of nitrogens with zero attached hydrogens (tertiary/aromatic N) is 2. The summed E-state index contributed by atoms with van der Waals surface area (Å²) in [4.78, 5) is 16.1. The fraction of sp³-hybridized carbons (Fsp3) is 0.412. The van der Waals surface area contributed by atoms with Crippen LogP contribution in [-0.4, -0.2) is 28.6 Å². The Morgan fingerprint density at radius 2 is 2.00 bits per heavy atom. The maximum Gasteiger partial charge on any atom is 0.257 e. The predicted molar refractivity (Wildman–Crippen MR) is 86.1 cm³/mol. The van der Waals surface area contributed by atoms with Crippen LogP contribution in [0.5, 0.6) is 5.75 Å². The molecule has 1 N–H and O–H groups in total. The van der Waals surface area contributed by atoms with Gasteiger partial charge in [-0.1, -0.05) is 12.1 Å². The van der Waals surface area contributed by atoms with Crippen molar-refractivity contribution in [1.82, 2.24) is 14.9 Å². The number of hydrogen-bond acceptors (Lipinski definition) is 3. The average molecular weight is 301 g/mol. The summed E-state index contributed by atoms with van der Waals surface area (Å²) in [7, 11) is 1.93. The van der Waals surface area contributed by atoms with Crippen molar-refractivity contribution in [3.8, 4) is 5.75 Å². The van der Waals surface area contributed by atoms with Crippen molar-refractivity contribution in [2.24, 2.45) is 7.05 Å². The number of ether oxygens (including phenoxy) is 1. The van der Waals surface area contributed by atoms with Crippen LogP contribution in [0.4, 0.5) is 0 Å². The number of hydrogen-bond donors (Lipinski definition) is 1. The van der Waals surface area contributed by atoms with E-state index in [1.807, 2.05) is 44.6 Å². The second-order valence-electron chi connectivity index (χ2n) is 5.57. The molecule has 2 aromatic rings. The molecular formula is C17H23N3O2. The van der Waals surface area contributed by atoms with Crippen molar-refractivity contribution in [3.05, 3.63) is 47.0 Å². The Kier molecular flexibility index (Phi) is 5.20. The maximum atomic E-state index is 11.9. The Morgan fingerprint density at radius 3 is 2.68 bits per heavy atom. The van der Waals surface area contributed by atoms with Gasteiger partial charge in [0.05, 0.1) is 12.0 Å². The molecule has 0 radical (unpaired) electrons. The molecule has 0 aliphatic carbocycles. The predicted octanol–water partition coefficient (Wildman–Crippen LogP) is 2.08. The van der Waals surface area contributed by atoms with E-state index in [0.29, 0.717) is 6.54 Å². The van der Waals surface area contributed by atoms with Crippen LogP contribution in [0, 0.1) is 20.8 Å². The topological polar surface area (TPSA) is 56.1 Å². The van der Waals surface area contributed by atoms with Crippen molar-refractivity contribution in [2.75, 3.05) is 13.2 Å².